The zero-order chi connectivity index (χ0) is 11.0. The van der Waals surface area contributed by atoms with E-state index in [2.05, 4.69) is 0 Å². The van der Waals surface area contributed by atoms with E-state index in [4.69, 9.17) is 5.11 Å². The first-order valence-corrected chi connectivity index (χ1v) is 6.37. The van der Waals surface area contributed by atoms with E-state index >= 15 is 0 Å². The van der Waals surface area contributed by atoms with E-state index in [-0.39, 0.29) is 17.9 Å². The van der Waals surface area contributed by atoms with Crippen molar-refractivity contribution in [2.75, 3.05) is 18.1 Å². The fourth-order valence-electron chi connectivity index (χ4n) is 2.01. The highest BCUT2D eigenvalue weighted by Gasteiger charge is 2.50. The molecule has 0 aromatic carbocycles. The van der Waals surface area contributed by atoms with Crippen LogP contribution in [-0.4, -0.2) is 46.0 Å². The Kier molecular flexibility index (Phi) is 2.91. The van der Waals surface area contributed by atoms with E-state index in [0.717, 1.165) is 18.1 Å². The molecule has 1 unspecified atom stereocenters. The van der Waals surface area contributed by atoms with Crippen molar-refractivity contribution >= 4 is 23.6 Å². The van der Waals surface area contributed by atoms with Crippen molar-refractivity contribution in [1.29, 1.82) is 0 Å². The van der Waals surface area contributed by atoms with Crippen molar-refractivity contribution in [2.24, 2.45) is 11.8 Å². The summed E-state index contributed by atoms with van der Waals surface area (Å²) >= 11 is 1.85. The van der Waals surface area contributed by atoms with Gasteiger partial charge in [-0.1, -0.05) is 0 Å². The van der Waals surface area contributed by atoms with Gasteiger partial charge >= 0.3 is 5.97 Å². The maximum Gasteiger partial charge on any atom is 0.307 e. The highest BCUT2D eigenvalue weighted by molar-refractivity contribution is 7.99. The molecule has 0 aromatic heterocycles. The number of nitrogens with zero attached hydrogens (tertiary/aromatic N) is 1. The highest BCUT2D eigenvalue weighted by Crippen LogP contribution is 2.40. The third kappa shape index (κ3) is 2.12. The Morgan fingerprint density at radius 3 is 2.67 bits per heavy atom. The summed E-state index contributed by atoms with van der Waals surface area (Å²) in [6, 6.07) is 0.256. The molecular formula is C10H15NO3S. The summed E-state index contributed by atoms with van der Waals surface area (Å²) < 4.78 is 0. The van der Waals surface area contributed by atoms with Crippen LogP contribution in [0.5, 0.6) is 0 Å². The van der Waals surface area contributed by atoms with Gasteiger partial charge in [0.05, 0.1) is 11.8 Å². The molecule has 3 atom stereocenters. The summed E-state index contributed by atoms with van der Waals surface area (Å²) in [6.45, 7) is 2.80. The van der Waals surface area contributed by atoms with Gasteiger partial charge in [-0.25, -0.2) is 0 Å². The van der Waals surface area contributed by atoms with Crippen molar-refractivity contribution in [3.8, 4) is 0 Å². The maximum absolute atomic E-state index is 11.9. The maximum atomic E-state index is 11.9. The van der Waals surface area contributed by atoms with Crippen LogP contribution in [-0.2, 0) is 9.59 Å². The molecule has 1 heterocycles. The van der Waals surface area contributed by atoms with Crippen molar-refractivity contribution in [3.63, 3.8) is 0 Å². The Balaban J connectivity index is 1.94. The highest BCUT2D eigenvalue weighted by atomic mass is 32.2. The zero-order valence-electron chi connectivity index (χ0n) is 8.68. The first-order chi connectivity index (χ1) is 7.11. The van der Waals surface area contributed by atoms with Crippen LogP contribution < -0.4 is 0 Å². The van der Waals surface area contributed by atoms with Crippen LogP contribution >= 0.6 is 11.8 Å². The van der Waals surface area contributed by atoms with E-state index in [0.29, 0.717) is 6.42 Å². The summed E-state index contributed by atoms with van der Waals surface area (Å²) in [5.74, 6) is 0.506. The number of hydrogen-bond acceptors (Lipinski definition) is 3. The topological polar surface area (TPSA) is 57.6 Å². The third-order valence-corrected chi connectivity index (χ3v) is 4.26. The lowest BCUT2D eigenvalue weighted by Gasteiger charge is -2.33. The van der Waals surface area contributed by atoms with E-state index in [1.165, 1.54) is 0 Å². The summed E-state index contributed by atoms with van der Waals surface area (Å²) in [6.07, 6.45) is 0.532. The smallest absolute Gasteiger partial charge is 0.307 e. The molecule has 0 radical (unpaired) electrons. The largest absolute Gasteiger partial charge is 0.481 e. The van der Waals surface area contributed by atoms with E-state index in [1.807, 2.05) is 23.6 Å². The Morgan fingerprint density at radius 2 is 2.13 bits per heavy atom. The lowest BCUT2D eigenvalue weighted by Crippen LogP contribution is -2.45. The number of hydrogen-bond donors (Lipinski definition) is 1. The van der Waals surface area contributed by atoms with Crippen LogP contribution in [0.15, 0.2) is 0 Å². The molecule has 1 aliphatic heterocycles. The van der Waals surface area contributed by atoms with Crippen LogP contribution in [0.25, 0.3) is 0 Å². The number of aliphatic carboxylic acids is 1. The minimum Gasteiger partial charge on any atom is -0.481 e. The van der Waals surface area contributed by atoms with Gasteiger partial charge in [-0.3, -0.25) is 9.59 Å². The normalized spacial score (nSPS) is 35.0. The molecule has 2 aliphatic rings. The Morgan fingerprint density at radius 1 is 1.40 bits per heavy atom. The van der Waals surface area contributed by atoms with Crippen LogP contribution in [0.4, 0.5) is 0 Å². The van der Waals surface area contributed by atoms with Gasteiger partial charge in [0.1, 0.15) is 0 Å². The minimum absolute atomic E-state index is 0.0511. The molecular weight excluding hydrogens is 214 g/mol. The monoisotopic (exact) mass is 229 g/mol. The molecule has 15 heavy (non-hydrogen) atoms. The second-order valence-corrected chi connectivity index (χ2v) is 5.39. The molecule has 0 bridgehead atoms. The van der Waals surface area contributed by atoms with E-state index in [9.17, 15) is 9.59 Å². The van der Waals surface area contributed by atoms with Gasteiger partial charge in [0.15, 0.2) is 0 Å². The second kappa shape index (κ2) is 4.04. The first kappa shape index (κ1) is 10.8. The molecule has 1 saturated carbocycles. The molecule has 1 aliphatic carbocycles. The van der Waals surface area contributed by atoms with Crippen LogP contribution in [0.1, 0.15) is 13.3 Å². The Hall–Kier alpha value is -0.710. The summed E-state index contributed by atoms with van der Waals surface area (Å²) in [5.41, 5.74) is 0. The number of carboxylic acids is 1. The van der Waals surface area contributed by atoms with Gasteiger partial charge in [-0.05, 0) is 13.3 Å². The average molecular weight is 229 g/mol. The van der Waals surface area contributed by atoms with Gasteiger partial charge in [-0.15, -0.1) is 0 Å². The zero-order valence-corrected chi connectivity index (χ0v) is 9.50. The second-order valence-electron chi connectivity index (χ2n) is 4.24. The van der Waals surface area contributed by atoms with E-state index < -0.39 is 11.9 Å². The number of carbonyl (C=O) groups is 2. The molecule has 5 heteroatoms. The molecule has 1 amide bonds. The predicted molar refractivity (Wildman–Crippen MR) is 57.7 cm³/mol. The van der Waals surface area contributed by atoms with Gasteiger partial charge in [-0.2, -0.15) is 11.8 Å². The molecule has 1 N–H and O–H groups in total. The standard InChI is InChI=1S/C10H15NO3S/c1-6-5-15-3-2-11(6)9(12)7-4-8(7)10(13)14/h6-8H,2-5H2,1H3,(H,13,14)/t6?,7-,8+/m1/s1. The fraction of sp³-hybridized carbons (Fsp3) is 0.800. The van der Waals surface area contributed by atoms with Gasteiger partial charge < -0.3 is 10.0 Å². The summed E-state index contributed by atoms with van der Waals surface area (Å²) in [5, 5.41) is 8.76. The molecule has 0 aromatic rings. The molecule has 1 saturated heterocycles. The number of thioether (sulfide) groups is 1. The van der Waals surface area contributed by atoms with Crippen LogP contribution in [0.2, 0.25) is 0 Å². The number of amides is 1. The van der Waals surface area contributed by atoms with Crippen molar-refractivity contribution in [1.82, 2.24) is 4.90 Å². The van der Waals surface area contributed by atoms with Gasteiger partial charge in [0, 0.05) is 24.1 Å². The summed E-state index contributed by atoms with van der Waals surface area (Å²) in [4.78, 5) is 24.5. The van der Waals surface area contributed by atoms with Crippen LogP contribution in [0.3, 0.4) is 0 Å². The third-order valence-electron chi connectivity index (χ3n) is 3.08. The number of carbonyl (C=O) groups excluding carboxylic acids is 1. The lowest BCUT2D eigenvalue weighted by atomic mass is 10.2. The minimum atomic E-state index is -0.826. The Bertz CT molecular complexity index is 294. The number of carboxylic acid groups (broad SMARTS) is 1. The molecule has 4 nitrogen and oxygen atoms in total. The van der Waals surface area contributed by atoms with Gasteiger partial charge in [0.2, 0.25) is 5.91 Å². The van der Waals surface area contributed by atoms with Crippen molar-refractivity contribution in [3.05, 3.63) is 0 Å². The summed E-state index contributed by atoms with van der Waals surface area (Å²) in [7, 11) is 0. The first-order valence-electron chi connectivity index (χ1n) is 5.22. The predicted octanol–water partition coefficient (Wildman–Crippen LogP) is 0.671. The quantitative estimate of drug-likeness (QED) is 0.756. The van der Waals surface area contributed by atoms with Crippen molar-refractivity contribution < 1.29 is 14.7 Å². The molecule has 0 spiro atoms. The molecule has 2 rings (SSSR count). The average Bonchev–Trinajstić information content (AvgIpc) is 2.97. The number of rotatable bonds is 2. The fourth-order valence-corrected chi connectivity index (χ4v) is 3.02. The van der Waals surface area contributed by atoms with Crippen LogP contribution in [0, 0.1) is 11.8 Å². The SMILES string of the molecule is CC1CSCCN1C(=O)[C@@H]1C[C@@H]1C(=O)O. The molecule has 2 fully saturated rings. The Labute approximate surface area is 93.0 Å². The van der Waals surface area contributed by atoms with E-state index in [1.54, 1.807) is 0 Å². The molecule has 84 valence electrons. The lowest BCUT2D eigenvalue weighted by molar-refractivity contribution is -0.142. The van der Waals surface area contributed by atoms with Gasteiger partial charge in [0.25, 0.3) is 0 Å². The van der Waals surface area contributed by atoms with Crippen molar-refractivity contribution in [2.45, 2.75) is 19.4 Å².